The molecule has 110 heavy (non-hydrogen) atoms. The standard InChI is InChI=1S/C70H122I2O38/c1-73-25-33-41-49(81-9)59(91-19)67(99-33)107-43-35(27-75-3)97-65(57(89-17)51(43)83-11)103-39-31(23-71)96-64(56(88-16)47(39)79-7)106-42-34(26-74-2)100-68(60(92-20)50(42)82-10)109-45-37(29-77-5)102-70(62(94-22)53(45)85-13)110-46-38(30-78-6)101-69(61(93-21)54(46)86-14)108-44-36(28-76-4)98-66(58(90-18)52(44)84-12)104-40-32(24-72)95-63(105-41)55(87-15)48(40)80-8/h31-70H,23-30H2,1-22H3/t31-,32-,33-,34-,35-,36-,37-,38-,39-,40-,41-,42-,43-,44-,45-,46-,47+,48+,49+,50+,51+,52+,53+,54+,55-,56-,57-,58-,59-,60-,61-,62-,63-,64-,65-,66-,67-,68-,69-,70-/m1/s1. The zero-order valence-electron chi connectivity index (χ0n) is 67.0. The average molecular weight is 1830 g/mol. The first kappa shape index (κ1) is 93.8. The predicted octanol–water partition coefficient (Wildman–Crippen LogP) is -0.131. The molecule has 644 valence electrons. The average Bonchev–Trinajstić information content (AvgIpc) is 0.764. The highest BCUT2D eigenvalue weighted by Crippen LogP contribution is 2.44. The third-order valence-corrected chi connectivity index (χ3v) is 23.4. The molecule has 0 aromatic heterocycles. The maximum atomic E-state index is 7.09. The lowest BCUT2D eigenvalue weighted by molar-refractivity contribution is -0.408. The minimum absolute atomic E-state index is 0.0285. The lowest BCUT2D eigenvalue weighted by atomic mass is 9.94. The fraction of sp³-hybridized carbons (Fsp3) is 1.00. The molecular formula is C70H122I2O38. The van der Waals surface area contributed by atoms with Gasteiger partial charge in [0.05, 0.1) is 51.8 Å². The molecule has 0 aromatic rings. The van der Waals surface area contributed by atoms with Crippen LogP contribution in [0.4, 0.5) is 0 Å². The second-order valence-electron chi connectivity index (χ2n) is 27.4. The molecule has 30 heterocycles. The van der Waals surface area contributed by atoms with Crippen LogP contribution in [0.25, 0.3) is 0 Å². The first-order valence-electron chi connectivity index (χ1n) is 36.5. The van der Waals surface area contributed by atoms with Crippen LogP contribution in [0.5, 0.6) is 0 Å². The first-order valence-corrected chi connectivity index (χ1v) is 39.5. The van der Waals surface area contributed by atoms with Gasteiger partial charge in [0.25, 0.3) is 0 Å². The Morgan fingerprint density at radius 1 is 0.155 bits per heavy atom. The second-order valence-corrected chi connectivity index (χ2v) is 29.2. The third kappa shape index (κ3) is 20.4. The Labute approximate surface area is 672 Å². The van der Waals surface area contributed by atoms with Gasteiger partial charge in [-0.2, -0.15) is 0 Å². The quantitative estimate of drug-likeness (QED) is 0.0668. The van der Waals surface area contributed by atoms with Gasteiger partial charge in [0.15, 0.2) is 50.3 Å². The minimum atomic E-state index is -1.23. The van der Waals surface area contributed by atoms with Gasteiger partial charge in [-0.25, -0.2) is 0 Å². The second kappa shape index (κ2) is 46.1. The molecule has 30 aliphatic heterocycles. The maximum Gasteiger partial charge on any atom is 0.187 e. The van der Waals surface area contributed by atoms with Crippen LogP contribution >= 0.6 is 45.2 Å². The highest BCUT2D eigenvalue weighted by molar-refractivity contribution is 14.1. The summed E-state index contributed by atoms with van der Waals surface area (Å²) in [5.41, 5.74) is 0. The summed E-state index contributed by atoms with van der Waals surface area (Å²) in [5, 5.41) is 0. The number of hydrogen-bond acceptors (Lipinski definition) is 38. The van der Waals surface area contributed by atoms with Crippen LogP contribution in [0.2, 0.25) is 0 Å². The zero-order chi connectivity index (χ0) is 79.6. The van der Waals surface area contributed by atoms with Gasteiger partial charge < -0.3 is 180 Å². The van der Waals surface area contributed by atoms with E-state index in [9.17, 15) is 0 Å². The predicted molar refractivity (Wildman–Crippen MR) is 390 cm³/mol. The molecule has 40 atom stereocenters. The number of methoxy groups -OCH3 is 22. The Bertz CT molecular complexity index is 2540. The van der Waals surface area contributed by atoms with Crippen molar-refractivity contribution in [2.45, 2.75) is 246 Å². The van der Waals surface area contributed by atoms with Crippen LogP contribution in [0.15, 0.2) is 0 Å². The van der Waals surface area contributed by atoms with E-state index in [2.05, 4.69) is 45.2 Å². The summed E-state index contributed by atoms with van der Waals surface area (Å²) >= 11 is 4.45. The lowest BCUT2D eigenvalue weighted by Gasteiger charge is -2.53. The molecule has 0 unspecified atom stereocenters. The van der Waals surface area contributed by atoms with Gasteiger partial charge in [-0.3, -0.25) is 0 Å². The molecule has 0 N–H and O–H groups in total. The number of rotatable bonds is 30. The highest BCUT2D eigenvalue weighted by atomic mass is 127. The van der Waals surface area contributed by atoms with Crippen molar-refractivity contribution in [2.24, 2.45) is 0 Å². The summed E-state index contributed by atoms with van der Waals surface area (Å²) in [6.07, 6.45) is -40.2. The number of hydrogen-bond donors (Lipinski definition) is 0. The van der Waals surface area contributed by atoms with Crippen molar-refractivity contribution >= 4 is 45.2 Å². The van der Waals surface area contributed by atoms with E-state index < -0.39 is 246 Å². The van der Waals surface area contributed by atoms with Crippen molar-refractivity contribution in [3.8, 4) is 0 Å². The smallest absolute Gasteiger partial charge is 0.187 e. The summed E-state index contributed by atoms with van der Waals surface area (Å²) in [5.74, 6) is 0. The third-order valence-electron chi connectivity index (χ3n) is 21.7. The summed E-state index contributed by atoms with van der Waals surface area (Å²) in [6.45, 7) is -0.217. The van der Waals surface area contributed by atoms with E-state index in [4.69, 9.17) is 180 Å². The Balaban J connectivity index is 1.11. The fourth-order valence-electron chi connectivity index (χ4n) is 16.6. The van der Waals surface area contributed by atoms with Crippen molar-refractivity contribution in [1.29, 1.82) is 0 Å². The molecule has 0 amide bonds. The van der Waals surface area contributed by atoms with Crippen LogP contribution in [0.3, 0.4) is 0 Å². The number of halogens is 2. The van der Waals surface area contributed by atoms with E-state index >= 15 is 0 Å². The minimum Gasteiger partial charge on any atom is -0.382 e. The van der Waals surface area contributed by atoms with Crippen LogP contribution in [0, 0.1) is 0 Å². The SMILES string of the molecule is COC[C@H]1O[C@@H]2O[C@H]3[C@H](OC)[C@@H](OC)[C@@H](O[C@H]4[C@H](OC)[C@@H](OC)[C@@H](O[C@H]5[C@H](OC)[C@@H](OC)[C@@H](O[C@H]6[C@H](OC)[C@@H](OC)[C@@H](O[C@H]7[C@H](OC)[C@@H](OC)[C@@H](O[C@H]8[C@H](OC)[C@@H](OC)[C@@H](O[C@H]9[C@H](OC)[C@@H](OC)[C@@H](O[C@H]1[C@H](OC)[C@H]2OC)O[C@@H]9CI)O[C@@H]8COC)O[C@@H]7COC)O[C@@H]6COC)O[C@@H]5COC)O[C@@H]4CI)O[C@@H]3COC. The lowest BCUT2D eigenvalue weighted by Crippen LogP contribution is -2.70. The van der Waals surface area contributed by atoms with Crippen LogP contribution in [0.1, 0.15) is 0 Å². The van der Waals surface area contributed by atoms with Crippen molar-refractivity contribution in [2.75, 3.05) is 205 Å². The molecule has 0 saturated carbocycles. The van der Waals surface area contributed by atoms with E-state index in [1.807, 2.05) is 0 Å². The van der Waals surface area contributed by atoms with Gasteiger partial charge in [0.1, 0.15) is 183 Å². The Hall–Kier alpha value is -0.0600. The van der Waals surface area contributed by atoms with Crippen molar-refractivity contribution in [3.63, 3.8) is 0 Å². The van der Waals surface area contributed by atoms with E-state index in [1.165, 1.54) is 156 Å². The first-order chi connectivity index (χ1) is 53.5. The number of ether oxygens (including phenoxy) is 38. The fourth-order valence-corrected chi connectivity index (χ4v) is 18.0. The molecule has 0 aromatic carbocycles. The van der Waals surface area contributed by atoms with Crippen molar-refractivity contribution < 1.29 is 180 Å². The van der Waals surface area contributed by atoms with E-state index in [0.29, 0.717) is 8.86 Å². The largest absolute Gasteiger partial charge is 0.382 e. The summed E-state index contributed by atoms with van der Waals surface area (Å²) in [6, 6.07) is 0. The van der Waals surface area contributed by atoms with E-state index in [0.717, 1.165) is 0 Å². The molecule has 40 heteroatoms. The Morgan fingerprint density at radius 2 is 0.264 bits per heavy atom. The van der Waals surface area contributed by atoms with Crippen molar-refractivity contribution in [3.05, 3.63) is 0 Å². The van der Waals surface area contributed by atoms with Gasteiger partial charge in [-0.05, 0) is 0 Å². The van der Waals surface area contributed by atoms with Gasteiger partial charge >= 0.3 is 0 Å². The molecule has 38 nitrogen and oxygen atoms in total. The monoisotopic (exact) mass is 1820 g/mol. The molecule has 16 bridgehead atoms. The van der Waals surface area contributed by atoms with Crippen LogP contribution in [-0.4, -0.2) is 451 Å². The maximum absolute atomic E-state index is 7.09. The van der Waals surface area contributed by atoms with Crippen molar-refractivity contribution in [1.82, 2.24) is 0 Å². The summed E-state index contributed by atoms with van der Waals surface area (Å²) in [4.78, 5) is 0. The summed E-state index contributed by atoms with van der Waals surface area (Å²) in [7, 11) is 33.4. The van der Waals surface area contributed by atoms with Crippen LogP contribution in [-0.2, 0) is 180 Å². The Kier molecular flexibility index (Phi) is 39.3. The van der Waals surface area contributed by atoms with Crippen LogP contribution < -0.4 is 0 Å². The van der Waals surface area contributed by atoms with Gasteiger partial charge in [0.2, 0.25) is 0 Å². The highest BCUT2D eigenvalue weighted by Gasteiger charge is 2.63. The molecule has 30 saturated heterocycles. The molecule has 30 rings (SSSR count). The molecule has 0 spiro atoms. The number of alkyl halides is 2. The van der Waals surface area contributed by atoms with Gasteiger partial charge in [-0.1, -0.05) is 45.2 Å². The molecule has 30 fully saturated rings. The van der Waals surface area contributed by atoms with E-state index in [1.54, 1.807) is 0 Å². The Morgan fingerprint density at radius 3 is 0.364 bits per heavy atom. The molecule has 30 aliphatic rings. The van der Waals surface area contributed by atoms with Gasteiger partial charge in [-0.15, -0.1) is 0 Å². The van der Waals surface area contributed by atoms with Gasteiger partial charge in [0, 0.05) is 165 Å². The molecule has 0 aliphatic carbocycles. The molecule has 0 radical (unpaired) electrons. The zero-order valence-corrected chi connectivity index (χ0v) is 71.3. The van der Waals surface area contributed by atoms with E-state index in [-0.39, 0.29) is 39.6 Å². The molecular weight excluding hydrogens is 1700 g/mol. The summed E-state index contributed by atoms with van der Waals surface area (Å²) < 4.78 is 249. The topological polar surface area (TPSA) is 351 Å². The normalized spacial score (nSPS) is 46.7.